The highest BCUT2D eigenvalue weighted by Crippen LogP contribution is 2.25. The van der Waals surface area contributed by atoms with Crippen molar-refractivity contribution in [1.82, 2.24) is 0 Å². The molecule has 2 aromatic rings. The highest BCUT2D eigenvalue weighted by atomic mass is 15.3. The average Bonchev–Trinajstić information content (AvgIpc) is 2.80. The van der Waals surface area contributed by atoms with Crippen LogP contribution < -0.4 is 0 Å². The number of allylic oxidation sites excluding steroid dienone is 1. The molecule has 0 bridgehead atoms. The van der Waals surface area contributed by atoms with E-state index in [9.17, 15) is 0 Å². The Bertz CT molecular complexity index is 950. The Hall–Kier alpha value is -2.22. The first-order chi connectivity index (χ1) is 15.9. The molecule has 0 unspecified atom stereocenters. The third kappa shape index (κ3) is 8.25. The lowest BCUT2D eigenvalue weighted by Gasteiger charge is -2.14. The molecule has 0 aliphatic rings. The number of hydrogen-bond donors (Lipinski definition) is 0. The minimum Gasteiger partial charge on any atom is -0.0906 e. The van der Waals surface area contributed by atoms with E-state index in [4.69, 9.17) is 5.11 Å². The zero-order valence-electron chi connectivity index (χ0n) is 22.4. The van der Waals surface area contributed by atoms with E-state index in [0.717, 1.165) is 18.5 Å². The number of azo groups is 2. The second-order valence-electron chi connectivity index (χ2n) is 9.51. The van der Waals surface area contributed by atoms with Gasteiger partial charge >= 0.3 is 0 Å². The van der Waals surface area contributed by atoms with E-state index in [2.05, 4.69) is 89.7 Å². The van der Waals surface area contributed by atoms with E-state index in [0.29, 0.717) is 0 Å². The number of benzene rings is 2. The lowest BCUT2D eigenvalue weighted by molar-refractivity contribution is -0.512. The predicted molar refractivity (Wildman–Crippen MR) is 145 cm³/mol. The van der Waals surface area contributed by atoms with Crippen LogP contribution in [0.1, 0.15) is 106 Å². The maximum absolute atomic E-state index is 4.95. The summed E-state index contributed by atoms with van der Waals surface area (Å²) in [6.07, 6.45) is 14.3. The van der Waals surface area contributed by atoms with Gasteiger partial charge in [-0.15, -0.1) is 0 Å². The van der Waals surface area contributed by atoms with Gasteiger partial charge in [0.15, 0.2) is 7.05 Å². The molecule has 2 nitrogen and oxygen atoms in total. The second-order valence-corrected chi connectivity index (χ2v) is 9.51. The van der Waals surface area contributed by atoms with E-state index in [-0.39, 0.29) is 0 Å². The molecule has 0 radical (unpaired) electrons. The normalized spacial score (nSPS) is 12.5. The monoisotopic (exact) mass is 447 g/mol. The molecular formula is C31H47N2+. The molecular weight excluding hydrogens is 400 g/mol. The highest BCUT2D eigenvalue weighted by Gasteiger charge is 2.13. The van der Waals surface area contributed by atoms with Crippen molar-refractivity contribution >= 4 is 11.8 Å². The summed E-state index contributed by atoms with van der Waals surface area (Å²) >= 11 is 0. The van der Waals surface area contributed by atoms with Crippen molar-refractivity contribution in [2.75, 3.05) is 7.05 Å². The van der Waals surface area contributed by atoms with Gasteiger partial charge in [0.05, 0.1) is 0 Å². The highest BCUT2D eigenvalue weighted by molar-refractivity contribution is 5.56. The second kappa shape index (κ2) is 14.1. The molecule has 0 amide bonds. The van der Waals surface area contributed by atoms with Crippen LogP contribution in [0.5, 0.6) is 0 Å². The molecule has 2 aromatic carbocycles. The summed E-state index contributed by atoms with van der Waals surface area (Å²) in [4.78, 5) is 0. The van der Waals surface area contributed by atoms with Gasteiger partial charge in [0.1, 0.15) is 5.69 Å². The summed E-state index contributed by atoms with van der Waals surface area (Å²) in [5, 5.41) is 4.95. The van der Waals surface area contributed by atoms with E-state index >= 15 is 0 Å². The van der Waals surface area contributed by atoms with Crippen LogP contribution in [0.2, 0.25) is 0 Å². The fourth-order valence-electron chi connectivity index (χ4n) is 4.52. The number of aryl methyl sites for hydroxylation is 4. The molecule has 0 aromatic heterocycles. The number of nitrogens with zero attached hydrogens (tertiary/aromatic N) is 2. The first-order valence-corrected chi connectivity index (χ1v) is 13.3. The van der Waals surface area contributed by atoms with Crippen LogP contribution in [0, 0.1) is 13.8 Å². The Kier molecular flexibility index (Phi) is 11.6. The van der Waals surface area contributed by atoms with Crippen LogP contribution in [0.15, 0.2) is 41.1 Å². The molecule has 33 heavy (non-hydrogen) atoms. The average molecular weight is 448 g/mol. The summed E-state index contributed by atoms with van der Waals surface area (Å²) in [5.41, 5.74) is 11.0. The first-order valence-electron chi connectivity index (χ1n) is 13.3. The van der Waals surface area contributed by atoms with Gasteiger partial charge in [0.2, 0.25) is 5.70 Å². The maximum atomic E-state index is 4.95. The summed E-state index contributed by atoms with van der Waals surface area (Å²) in [5.74, 6) is 0. The standard InChI is InChI=1S/C31H47N2/c1-8-12-15-27-23-29(19-18-24(27)5)32-33(7)30(11-4)22-26-20-25(6)31(17-14-10-3)28(21-26)16-13-9-2/h18-23H,8-17H2,1-7H3/q+1. The van der Waals surface area contributed by atoms with Crippen LogP contribution in [0.25, 0.3) is 6.08 Å². The van der Waals surface area contributed by atoms with Crippen molar-refractivity contribution in [3.8, 4) is 0 Å². The lowest BCUT2D eigenvalue weighted by Crippen LogP contribution is -2.03. The van der Waals surface area contributed by atoms with Gasteiger partial charge in [-0.2, -0.15) is 0 Å². The van der Waals surface area contributed by atoms with Crippen LogP contribution in [-0.4, -0.2) is 11.7 Å². The molecule has 0 atom stereocenters. The maximum Gasteiger partial charge on any atom is 0.208 e. The van der Waals surface area contributed by atoms with Crippen molar-refractivity contribution in [3.63, 3.8) is 0 Å². The number of rotatable bonds is 13. The number of unbranched alkanes of at least 4 members (excludes halogenated alkanes) is 3. The molecule has 0 aliphatic heterocycles. The molecule has 2 heteroatoms. The Morgan fingerprint density at radius 2 is 1.42 bits per heavy atom. The largest absolute Gasteiger partial charge is 0.208 e. The van der Waals surface area contributed by atoms with E-state index in [1.54, 1.807) is 11.1 Å². The number of hydrogen-bond acceptors (Lipinski definition) is 1. The van der Waals surface area contributed by atoms with Crippen LogP contribution >= 0.6 is 0 Å². The lowest BCUT2D eigenvalue weighted by atomic mass is 9.91. The van der Waals surface area contributed by atoms with Crippen molar-refractivity contribution < 1.29 is 4.70 Å². The SMILES string of the molecule is CCCCc1cc(N=[N+](C)C(=Cc2cc(C)c(CCCC)c(CCCC)c2)CC)ccc1C. The molecule has 0 saturated carbocycles. The first kappa shape index (κ1) is 27.0. The third-order valence-electron chi connectivity index (χ3n) is 6.68. The Labute approximate surface area is 203 Å². The minimum atomic E-state index is 0.954. The Morgan fingerprint density at radius 3 is 2.06 bits per heavy atom. The van der Waals surface area contributed by atoms with Gasteiger partial charge < -0.3 is 0 Å². The summed E-state index contributed by atoms with van der Waals surface area (Å²) in [6, 6.07) is 11.4. The quantitative estimate of drug-likeness (QED) is 0.214. The van der Waals surface area contributed by atoms with Gasteiger partial charge in [-0.3, -0.25) is 0 Å². The van der Waals surface area contributed by atoms with E-state index < -0.39 is 0 Å². The summed E-state index contributed by atoms with van der Waals surface area (Å²) < 4.78 is 2.07. The van der Waals surface area contributed by atoms with E-state index in [1.807, 2.05) is 0 Å². The van der Waals surface area contributed by atoms with Crippen molar-refractivity contribution in [1.29, 1.82) is 0 Å². The smallest absolute Gasteiger partial charge is 0.0906 e. The van der Waals surface area contributed by atoms with Crippen LogP contribution in [0.3, 0.4) is 0 Å². The van der Waals surface area contributed by atoms with E-state index in [1.165, 1.54) is 79.3 Å². The zero-order chi connectivity index (χ0) is 24.2. The fraction of sp³-hybridized carbons (Fsp3) is 0.548. The molecule has 0 N–H and O–H groups in total. The molecule has 0 heterocycles. The molecule has 0 spiro atoms. The van der Waals surface area contributed by atoms with Gasteiger partial charge in [0.25, 0.3) is 0 Å². The summed E-state index contributed by atoms with van der Waals surface area (Å²) in [6.45, 7) is 13.5. The molecule has 2 rings (SSSR count). The molecule has 0 fully saturated rings. The van der Waals surface area contributed by atoms with Gasteiger partial charge in [-0.1, -0.05) is 69.9 Å². The summed E-state index contributed by atoms with van der Waals surface area (Å²) in [7, 11) is 2.08. The predicted octanol–water partition coefficient (Wildman–Crippen LogP) is 9.51. The molecule has 180 valence electrons. The fourth-order valence-corrected chi connectivity index (χ4v) is 4.52. The molecule has 0 saturated heterocycles. The Balaban J connectivity index is 2.38. The van der Waals surface area contributed by atoms with Crippen molar-refractivity contribution in [3.05, 3.63) is 69.4 Å². The molecule has 0 aliphatic carbocycles. The van der Waals surface area contributed by atoms with Gasteiger partial charge in [-0.05, 0) is 103 Å². The van der Waals surface area contributed by atoms with Gasteiger partial charge in [-0.25, -0.2) is 0 Å². The van der Waals surface area contributed by atoms with Crippen molar-refractivity contribution in [2.45, 2.75) is 106 Å². The van der Waals surface area contributed by atoms with Crippen LogP contribution in [0.4, 0.5) is 5.69 Å². The minimum absolute atomic E-state index is 0.954. The zero-order valence-corrected chi connectivity index (χ0v) is 22.4. The van der Waals surface area contributed by atoms with Gasteiger partial charge in [0, 0.05) is 12.5 Å². The topological polar surface area (TPSA) is 15.4 Å². The van der Waals surface area contributed by atoms with Crippen LogP contribution in [-0.2, 0) is 19.3 Å². The van der Waals surface area contributed by atoms with Crippen molar-refractivity contribution in [2.24, 2.45) is 5.11 Å². The third-order valence-corrected chi connectivity index (χ3v) is 6.68. The Morgan fingerprint density at radius 1 is 0.788 bits per heavy atom.